The average Bonchev–Trinajstić information content (AvgIpc) is 2.96. The molecule has 1 aliphatic heterocycles. The van der Waals surface area contributed by atoms with Crippen LogP contribution in [0.2, 0.25) is 0 Å². The largest absolute Gasteiger partial charge is 0.497 e. The summed E-state index contributed by atoms with van der Waals surface area (Å²) >= 11 is 0. The highest BCUT2D eigenvalue weighted by Gasteiger charge is 2.39. The van der Waals surface area contributed by atoms with Crippen molar-refractivity contribution >= 4 is 17.5 Å². The molecule has 1 heterocycles. The molecule has 6 heteroatoms. The van der Waals surface area contributed by atoms with Crippen molar-refractivity contribution in [3.63, 3.8) is 0 Å². The second-order valence-corrected chi connectivity index (χ2v) is 6.07. The Kier molecular flexibility index (Phi) is 5.53. The molecule has 1 N–H and O–H groups in total. The van der Waals surface area contributed by atoms with E-state index in [1.807, 2.05) is 24.3 Å². The summed E-state index contributed by atoms with van der Waals surface area (Å²) < 4.78 is 10.2. The number of hydrogen-bond acceptors (Lipinski definition) is 5. The Morgan fingerprint density at radius 1 is 0.962 bits per heavy atom. The summed E-state index contributed by atoms with van der Waals surface area (Å²) in [5, 5.41) is 3.19. The van der Waals surface area contributed by atoms with Crippen LogP contribution in [0.25, 0.3) is 0 Å². The zero-order chi connectivity index (χ0) is 18.5. The zero-order valence-corrected chi connectivity index (χ0v) is 14.9. The Balaban J connectivity index is 1.57. The van der Waals surface area contributed by atoms with Crippen LogP contribution < -0.4 is 19.7 Å². The quantitative estimate of drug-likeness (QED) is 0.772. The Morgan fingerprint density at radius 2 is 1.54 bits per heavy atom. The van der Waals surface area contributed by atoms with Gasteiger partial charge in [-0.15, -0.1) is 0 Å². The Morgan fingerprint density at radius 3 is 2.12 bits per heavy atom. The fourth-order valence-corrected chi connectivity index (χ4v) is 2.98. The summed E-state index contributed by atoms with van der Waals surface area (Å²) in [5.41, 5.74) is 1.71. The topological polar surface area (TPSA) is 67.9 Å². The fourth-order valence-electron chi connectivity index (χ4n) is 2.98. The normalized spacial score (nSPS) is 16.8. The van der Waals surface area contributed by atoms with E-state index in [4.69, 9.17) is 9.47 Å². The van der Waals surface area contributed by atoms with Crippen molar-refractivity contribution in [2.24, 2.45) is 0 Å². The molecule has 0 radical (unpaired) electrons. The van der Waals surface area contributed by atoms with E-state index in [0.29, 0.717) is 18.0 Å². The third-order valence-corrected chi connectivity index (χ3v) is 4.44. The highest BCUT2D eigenvalue weighted by atomic mass is 16.5. The molecule has 0 aliphatic carbocycles. The van der Waals surface area contributed by atoms with E-state index >= 15 is 0 Å². The SMILES string of the molecule is COc1ccc(CCN[C@@H]2CC(=O)N(c3ccc(OC)cc3)C2=O)cc1. The number of anilines is 1. The molecule has 2 aromatic rings. The van der Waals surface area contributed by atoms with Gasteiger partial charge in [-0.05, 0) is 54.9 Å². The van der Waals surface area contributed by atoms with Crippen molar-refractivity contribution in [3.05, 3.63) is 54.1 Å². The molecule has 6 nitrogen and oxygen atoms in total. The van der Waals surface area contributed by atoms with Gasteiger partial charge in [-0.25, -0.2) is 4.90 Å². The lowest BCUT2D eigenvalue weighted by Crippen LogP contribution is -2.39. The molecule has 0 unspecified atom stereocenters. The van der Waals surface area contributed by atoms with E-state index in [-0.39, 0.29) is 18.2 Å². The number of methoxy groups -OCH3 is 2. The molecule has 1 aliphatic rings. The number of nitrogens with one attached hydrogen (secondary N) is 1. The van der Waals surface area contributed by atoms with Gasteiger partial charge in [0, 0.05) is 0 Å². The van der Waals surface area contributed by atoms with Crippen LogP contribution >= 0.6 is 0 Å². The van der Waals surface area contributed by atoms with Gasteiger partial charge in [0.25, 0.3) is 5.91 Å². The first-order chi connectivity index (χ1) is 12.6. The summed E-state index contributed by atoms with van der Waals surface area (Å²) in [5.74, 6) is 1.09. The smallest absolute Gasteiger partial charge is 0.251 e. The van der Waals surface area contributed by atoms with Gasteiger partial charge in [-0.2, -0.15) is 0 Å². The first kappa shape index (κ1) is 17.9. The number of rotatable bonds is 7. The van der Waals surface area contributed by atoms with Gasteiger partial charge in [0.05, 0.1) is 32.4 Å². The number of amides is 2. The highest BCUT2D eigenvalue weighted by Crippen LogP contribution is 2.25. The van der Waals surface area contributed by atoms with Crippen molar-refractivity contribution in [2.75, 3.05) is 25.7 Å². The van der Waals surface area contributed by atoms with Crippen molar-refractivity contribution < 1.29 is 19.1 Å². The van der Waals surface area contributed by atoms with Crippen LogP contribution in [0, 0.1) is 0 Å². The maximum Gasteiger partial charge on any atom is 0.251 e. The molecule has 2 amide bonds. The molecule has 136 valence electrons. The lowest BCUT2D eigenvalue weighted by atomic mass is 10.1. The summed E-state index contributed by atoms with van der Waals surface area (Å²) in [6.07, 6.45) is 0.942. The first-order valence-corrected chi connectivity index (χ1v) is 8.49. The molecule has 0 spiro atoms. The fraction of sp³-hybridized carbons (Fsp3) is 0.300. The molecule has 1 atom stereocenters. The summed E-state index contributed by atoms with van der Waals surface area (Å²) in [6.45, 7) is 0.618. The lowest BCUT2D eigenvalue weighted by molar-refractivity contribution is -0.121. The minimum atomic E-state index is -0.483. The van der Waals surface area contributed by atoms with Gasteiger partial charge in [0.1, 0.15) is 11.5 Å². The molecule has 0 saturated carbocycles. The minimum Gasteiger partial charge on any atom is -0.497 e. The van der Waals surface area contributed by atoms with Crippen molar-refractivity contribution in [3.8, 4) is 11.5 Å². The number of imide groups is 1. The third-order valence-electron chi connectivity index (χ3n) is 4.44. The van der Waals surface area contributed by atoms with E-state index in [1.54, 1.807) is 38.5 Å². The molecule has 2 aromatic carbocycles. The Hall–Kier alpha value is -2.86. The van der Waals surface area contributed by atoms with E-state index in [1.165, 1.54) is 4.90 Å². The molecule has 1 saturated heterocycles. The molecule has 26 heavy (non-hydrogen) atoms. The number of nitrogens with zero attached hydrogens (tertiary/aromatic N) is 1. The highest BCUT2D eigenvalue weighted by molar-refractivity contribution is 6.22. The predicted molar refractivity (Wildman–Crippen MR) is 98.6 cm³/mol. The molecule has 1 fully saturated rings. The molecule has 3 rings (SSSR count). The summed E-state index contributed by atoms with van der Waals surface area (Å²) in [6, 6.07) is 14.2. The van der Waals surface area contributed by atoms with Crippen LogP contribution in [0.4, 0.5) is 5.69 Å². The van der Waals surface area contributed by atoms with Crippen LogP contribution in [0.1, 0.15) is 12.0 Å². The molecular formula is C20H22N2O4. The Bertz CT molecular complexity index is 771. The van der Waals surface area contributed by atoms with Gasteiger partial charge in [0.2, 0.25) is 5.91 Å². The zero-order valence-electron chi connectivity index (χ0n) is 14.9. The second kappa shape index (κ2) is 8.01. The predicted octanol–water partition coefficient (Wildman–Crippen LogP) is 2.17. The monoisotopic (exact) mass is 354 g/mol. The van der Waals surface area contributed by atoms with E-state index in [2.05, 4.69) is 5.32 Å². The average molecular weight is 354 g/mol. The number of hydrogen-bond donors (Lipinski definition) is 1. The van der Waals surface area contributed by atoms with Crippen molar-refractivity contribution in [1.29, 1.82) is 0 Å². The van der Waals surface area contributed by atoms with Gasteiger partial charge >= 0.3 is 0 Å². The van der Waals surface area contributed by atoms with Crippen LogP contribution in [0.3, 0.4) is 0 Å². The second-order valence-electron chi connectivity index (χ2n) is 6.07. The molecular weight excluding hydrogens is 332 g/mol. The van der Waals surface area contributed by atoms with E-state index in [9.17, 15) is 9.59 Å². The van der Waals surface area contributed by atoms with Crippen LogP contribution in [0.15, 0.2) is 48.5 Å². The van der Waals surface area contributed by atoms with Gasteiger partial charge in [-0.1, -0.05) is 12.1 Å². The number of carbonyl (C=O) groups is 2. The lowest BCUT2D eigenvalue weighted by Gasteiger charge is -2.16. The number of carbonyl (C=O) groups excluding carboxylic acids is 2. The number of benzene rings is 2. The van der Waals surface area contributed by atoms with Crippen LogP contribution in [-0.4, -0.2) is 38.6 Å². The molecule has 0 aromatic heterocycles. The van der Waals surface area contributed by atoms with Crippen molar-refractivity contribution in [1.82, 2.24) is 5.32 Å². The summed E-state index contributed by atoms with van der Waals surface area (Å²) in [7, 11) is 3.21. The van der Waals surface area contributed by atoms with Gasteiger partial charge in [0.15, 0.2) is 0 Å². The van der Waals surface area contributed by atoms with Gasteiger partial charge < -0.3 is 14.8 Å². The first-order valence-electron chi connectivity index (χ1n) is 8.49. The van der Waals surface area contributed by atoms with E-state index in [0.717, 1.165) is 17.7 Å². The Labute approximate surface area is 152 Å². The summed E-state index contributed by atoms with van der Waals surface area (Å²) in [4.78, 5) is 26.1. The maximum absolute atomic E-state index is 12.6. The van der Waals surface area contributed by atoms with Crippen molar-refractivity contribution in [2.45, 2.75) is 18.9 Å². The third kappa shape index (κ3) is 3.86. The molecule has 0 bridgehead atoms. The van der Waals surface area contributed by atoms with Crippen LogP contribution in [-0.2, 0) is 16.0 Å². The maximum atomic E-state index is 12.6. The minimum absolute atomic E-state index is 0.174. The van der Waals surface area contributed by atoms with Gasteiger partial charge in [-0.3, -0.25) is 9.59 Å². The van der Waals surface area contributed by atoms with Crippen LogP contribution in [0.5, 0.6) is 11.5 Å². The number of ether oxygens (including phenoxy) is 2. The van der Waals surface area contributed by atoms with E-state index < -0.39 is 6.04 Å². The standard InChI is InChI=1S/C20H22N2O4/c1-25-16-7-3-14(4-8-16)11-12-21-18-13-19(23)22(20(18)24)15-5-9-17(26-2)10-6-15/h3-10,18,21H,11-13H2,1-2H3/t18-/m1/s1.